The molecule has 0 spiro atoms. The van der Waals surface area contributed by atoms with Gasteiger partial charge in [-0.1, -0.05) is 28.9 Å². The van der Waals surface area contributed by atoms with E-state index in [9.17, 15) is 13.2 Å². The maximum Gasteiger partial charge on any atom is 0.433 e. The second kappa shape index (κ2) is 7.31. The van der Waals surface area contributed by atoms with Gasteiger partial charge in [0, 0.05) is 22.3 Å². The molecule has 0 unspecified atom stereocenters. The highest BCUT2D eigenvalue weighted by Gasteiger charge is 2.36. The Hall–Kier alpha value is -3.99. The van der Waals surface area contributed by atoms with Gasteiger partial charge in [-0.15, -0.1) is 0 Å². The van der Waals surface area contributed by atoms with Crippen molar-refractivity contribution in [3.8, 4) is 34.1 Å². The molecular weight excluding hydrogens is 447 g/mol. The van der Waals surface area contributed by atoms with Crippen LogP contribution in [0.3, 0.4) is 0 Å². The van der Waals surface area contributed by atoms with Crippen molar-refractivity contribution >= 4 is 23.1 Å². The lowest BCUT2D eigenvalue weighted by Gasteiger charge is -2.11. The monoisotopic (exact) mass is 457 g/mol. The lowest BCUT2D eigenvalue weighted by atomic mass is 10.1. The first kappa shape index (κ1) is 19.9. The smallest absolute Gasteiger partial charge is 0.384 e. The summed E-state index contributed by atoms with van der Waals surface area (Å²) in [7, 11) is 0. The van der Waals surface area contributed by atoms with Crippen LogP contribution in [-0.4, -0.2) is 29.7 Å². The van der Waals surface area contributed by atoms with Gasteiger partial charge in [0.15, 0.2) is 11.3 Å². The van der Waals surface area contributed by atoms with Crippen LogP contribution < -0.4 is 5.73 Å². The maximum atomic E-state index is 13.8. The summed E-state index contributed by atoms with van der Waals surface area (Å²) >= 11 is 5.89. The van der Waals surface area contributed by atoms with E-state index in [1.165, 1.54) is 12.4 Å². The largest absolute Gasteiger partial charge is 0.433 e. The molecule has 2 N–H and O–H groups in total. The molecule has 4 aromatic heterocycles. The minimum Gasteiger partial charge on any atom is -0.384 e. The third-order valence-corrected chi connectivity index (χ3v) is 4.85. The number of pyridine rings is 1. The Labute approximate surface area is 182 Å². The Morgan fingerprint density at radius 1 is 1.00 bits per heavy atom. The minimum absolute atomic E-state index is 0.0423. The average Bonchev–Trinajstić information content (AvgIpc) is 3.40. The van der Waals surface area contributed by atoms with Gasteiger partial charge in [-0.05, 0) is 30.3 Å². The molecule has 0 fully saturated rings. The Balaban J connectivity index is 1.68. The van der Waals surface area contributed by atoms with Crippen LogP contribution in [0.4, 0.5) is 19.0 Å². The fourth-order valence-electron chi connectivity index (χ4n) is 3.12. The average molecular weight is 458 g/mol. The maximum absolute atomic E-state index is 13.8. The van der Waals surface area contributed by atoms with E-state index in [1.54, 1.807) is 36.4 Å². The third-order valence-electron chi connectivity index (χ3n) is 4.60. The number of rotatable bonds is 3. The van der Waals surface area contributed by atoms with Gasteiger partial charge >= 0.3 is 6.18 Å². The zero-order chi connectivity index (χ0) is 22.5. The molecule has 0 aliphatic heterocycles. The summed E-state index contributed by atoms with van der Waals surface area (Å²) in [5.74, 6) is 0.409. The fourth-order valence-corrected chi connectivity index (χ4v) is 3.25. The number of nitrogens with two attached hydrogens (primary N) is 1. The zero-order valence-corrected chi connectivity index (χ0v) is 16.6. The molecule has 12 heteroatoms. The van der Waals surface area contributed by atoms with Crippen molar-refractivity contribution in [3.63, 3.8) is 0 Å². The number of hydrogen-bond acceptors (Lipinski definition) is 7. The van der Waals surface area contributed by atoms with Crippen LogP contribution in [0.2, 0.25) is 5.02 Å². The first-order valence-electron chi connectivity index (χ1n) is 9.07. The topological polar surface area (TPSA) is 108 Å². The van der Waals surface area contributed by atoms with Gasteiger partial charge in [-0.2, -0.15) is 23.3 Å². The van der Waals surface area contributed by atoms with Crippen LogP contribution in [-0.2, 0) is 6.18 Å². The van der Waals surface area contributed by atoms with E-state index < -0.39 is 11.9 Å². The molecule has 1 aromatic carbocycles. The van der Waals surface area contributed by atoms with Gasteiger partial charge in [-0.3, -0.25) is 0 Å². The van der Waals surface area contributed by atoms with Gasteiger partial charge in [0.1, 0.15) is 11.4 Å². The highest BCUT2D eigenvalue weighted by molar-refractivity contribution is 6.30. The standard InChI is InChI=1S/C20H11ClF3N7O/c21-12-3-1-10(2-4-12)14-8-15(20(22,23)24)31-18(28-14)13(9-27-31)19-29-17(30-32-19)11-5-6-26-16(25)7-11/h1-9H,(H2,25,26). The number of anilines is 1. The molecule has 0 amide bonds. The number of fused-ring (bicyclic) bond motifs is 1. The third kappa shape index (κ3) is 3.52. The molecule has 0 atom stereocenters. The molecule has 8 nitrogen and oxygen atoms in total. The molecule has 5 aromatic rings. The number of aromatic nitrogens is 6. The minimum atomic E-state index is -4.68. The highest BCUT2D eigenvalue weighted by Crippen LogP contribution is 2.35. The predicted molar refractivity (Wildman–Crippen MR) is 109 cm³/mol. The molecule has 32 heavy (non-hydrogen) atoms. The number of alkyl halides is 3. The van der Waals surface area contributed by atoms with Crippen LogP contribution >= 0.6 is 11.6 Å². The quantitative estimate of drug-likeness (QED) is 0.416. The first-order valence-corrected chi connectivity index (χ1v) is 9.45. The second-order valence-corrected chi connectivity index (χ2v) is 7.15. The molecule has 0 aliphatic carbocycles. The van der Waals surface area contributed by atoms with E-state index >= 15 is 0 Å². The van der Waals surface area contributed by atoms with Crippen LogP contribution in [0.5, 0.6) is 0 Å². The molecular formula is C20H11ClF3N7O. The number of nitrogens with zero attached hydrogens (tertiary/aromatic N) is 6. The van der Waals surface area contributed by atoms with E-state index in [1.807, 2.05) is 0 Å². The first-order chi connectivity index (χ1) is 15.3. The van der Waals surface area contributed by atoms with Crippen molar-refractivity contribution in [1.82, 2.24) is 29.7 Å². The molecule has 0 bridgehead atoms. The Bertz CT molecular complexity index is 1440. The molecule has 0 aliphatic rings. The van der Waals surface area contributed by atoms with Crippen molar-refractivity contribution in [2.75, 3.05) is 5.73 Å². The fraction of sp³-hybridized carbons (Fsp3) is 0.0500. The van der Waals surface area contributed by atoms with Crippen LogP contribution in [0.15, 0.2) is 59.4 Å². The van der Waals surface area contributed by atoms with Crippen molar-refractivity contribution in [2.45, 2.75) is 6.18 Å². The zero-order valence-electron chi connectivity index (χ0n) is 15.9. The van der Waals surface area contributed by atoms with E-state index in [2.05, 4.69) is 25.2 Å². The molecule has 160 valence electrons. The van der Waals surface area contributed by atoms with Gasteiger partial charge in [0.25, 0.3) is 5.89 Å². The molecule has 4 heterocycles. The highest BCUT2D eigenvalue weighted by atomic mass is 35.5. The summed E-state index contributed by atoms with van der Waals surface area (Å²) < 4.78 is 47.3. The SMILES string of the molecule is Nc1cc(-c2noc(-c3cnn4c(C(F)(F)F)cc(-c5ccc(Cl)cc5)nc34)n2)ccn1. The second-order valence-electron chi connectivity index (χ2n) is 6.72. The van der Waals surface area contributed by atoms with Gasteiger partial charge in [0.2, 0.25) is 5.82 Å². The summed E-state index contributed by atoms with van der Waals surface area (Å²) in [6.45, 7) is 0. The van der Waals surface area contributed by atoms with Crippen molar-refractivity contribution < 1.29 is 17.7 Å². The van der Waals surface area contributed by atoms with Crippen molar-refractivity contribution in [3.05, 3.63) is 65.6 Å². The number of nitrogen functional groups attached to an aromatic ring is 1. The van der Waals surface area contributed by atoms with E-state index in [4.69, 9.17) is 21.9 Å². The lowest BCUT2D eigenvalue weighted by Crippen LogP contribution is -2.13. The summed E-state index contributed by atoms with van der Waals surface area (Å²) in [5.41, 5.74) is 5.81. The Morgan fingerprint density at radius 3 is 2.50 bits per heavy atom. The van der Waals surface area contributed by atoms with Crippen LogP contribution in [0.1, 0.15) is 5.69 Å². The van der Waals surface area contributed by atoms with Crippen LogP contribution in [0.25, 0.3) is 39.7 Å². The predicted octanol–water partition coefficient (Wildman–Crippen LogP) is 4.76. The molecule has 0 saturated carbocycles. The summed E-state index contributed by atoms with van der Waals surface area (Å²) in [6, 6.07) is 10.4. The summed E-state index contributed by atoms with van der Waals surface area (Å²) in [6.07, 6.45) is -2.01. The summed E-state index contributed by atoms with van der Waals surface area (Å²) in [4.78, 5) is 12.5. The van der Waals surface area contributed by atoms with E-state index in [0.717, 1.165) is 6.07 Å². The van der Waals surface area contributed by atoms with Crippen LogP contribution in [0, 0.1) is 0 Å². The van der Waals surface area contributed by atoms with Gasteiger partial charge in [-0.25, -0.2) is 14.5 Å². The summed E-state index contributed by atoms with van der Waals surface area (Å²) in [5, 5.41) is 8.19. The molecule has 5 rings (SSSR count). The lowest BCUT2D eigenvalue weighted by molar-refractivity contribution is -0.142. The van der Waals surface area contributed by atoms with E-state index in [0.29, 0.717) is 20.7 Å². The molecule has 0 radical (unpaired) electrons. The Morgan fingerprint density at radius 2 is 1.78 bits per heavy atom. The van der Waals surface area contributed by atoms with E-state index in [-0.39, 0.29) is 34.4 Å². The van der Waals surface area contributed by atoms with Crippen molar-refractivity contribution in [1.29, 1.82) is 0 Å². The van der Waals surface area contributed by atoms with Crippen molar-refractivity contribution in [2.24, 2.45) is 0 Å². The number of benzene rings is 1. The Kier molecular flexibility index (Phi) is 4.55. The number of halogens is 4. The van der Waals surface area contributed by atoms with Gasteiger partial charge < -0.3 is 10.3 Å². The normalized spacial score (nSPS) is 11.9. The van der Waals surface area contributed by atoms with Gasteiger partial charge in [0.05, 0.1) is 11.9 Å². The molecule has 0 saturated heterocycles. The number of hydrogen-bond donors (Lipinski definition) is 1.